The Morgan fingerprint density at radius 3 is 1.79 bits per heavy atom. The lowest BCUT2D eigenvalue weighted by atomic mass is 9.82. The molecular formula is C28H24BrNO4. The number of halogens is 1. The maximum absolute atomic E-state index is 12.6. The van der Waals surface area contributed by atoms with E-state index in [9.17, 15) is 10.1 Å². The van der Waals surface area contributed by atoms with Crippen LogP contribution >= 0.6 is 15.9 Å². The summed E-state index contributed by atoms with van der Waals surface area (Å²) in [6.45, 7) is 0.448. The van der Waals surface area contributed by atoms with Crippen molar-refractivity contribution in [3.8, 4) is 11.5 Å². The van der Waals surface area contributed by atoms with E-state index in [1.54, 1.807) is 31.4 Å². The van der Waals surface area contributed by atoms with Gasteiger partial charge in [-0.3, -0.25) is 10.1 Å². The summed E-state index contributed by atoms with van der Waals surface area (Å²) in [7, 11) is 1.59. The van der Waals surface area contributed by atoms with Gasteiger partial charge in [-0.15, -0.1) is 0 Å². The zero-order valence-corrected chi connectivity index (χ0v) is 20.2. The highest BCUT2D eigenvalue weighted by Crippen LogP contribution is 2.49. The first-order valence-electron chi connectivity index (χ1n) is 10.8. The molecule has 2 unspecified atom stereocenters. The number of nitrogens with zero attached hydrogens (tertiary/aromatic N) is 1. The average molecular weight is 518 g/mol. The Kier molecular flexibility index (Phi) is 7.28. The van der Waals surface area contributed by atoms with Crippen molar-refractivity contribution in [1.29, 1.82) is 0 Å². The van der Waals surface area contributed by atoms with E-state index in [0.717, 1.165) is 16.7 Å². The van der Waals surface area contributed by atoms with Gasteiger partial charge in [0.05, 0.1) is 13.0 Å². The van der Waals surface area contributed by atoms with Crippen molar-refractivity contribution >= 4 is 15.9 Å². The van der Waals surface area contributed by atoms with Gasteiger partial charge in [0.2, 0.25) is 0 Å². The van der Waals surface area contributed by atoms with Gasteiger partial charge in [0.25, 0.3) is 0 Å². The fraction of sp³-hybridized carbons (Fsp3) is 0.143. The third kappa shape index (κ3) is 4.97. The van der Waals surface area contributed by atoms with Gasteiger partial charge in [0.15, 0.2) is 0 Å². The largest absolute Gasteiger partial charge is 0.497 e. The zero-order chi connectivity index (χ0) is 24.0. The van der Waals surface area contributed by atoms with Crippen LogP contribution < -0.4 is 9.47 Å². The third-order valence-corrected chi connectivity index (χ3v) is 6.94. The predicted molar refractivity (Wildman–Crippen MR) is 136 cm³/mol. The lowest BCUT2D eigenvalue weighted by molar-refractivity contribution is -0.546. The van der Waals surface area contributed by atoms with Crippen molar-refractivity contribution in [2.45, 2.75) is 17.0 Å². The molecule has 34 heavy (non-hydrogen) atoms. The molecule has 5 nitrogen and oxygen atoms in total. The molecule has 0 saturated carbocycles. The second kappa shape index (κ2) is 10.5. The lowest BCUT2D eigenvalue weighted by Gasteiger charge is -2.30. The van der Waals surface area contributed by atoms with Gasteiger partial charge in [-0.25, -0.2) is 0 Å². The Labute approximate surface area is 207 Å². The smallest absolute Gasteiger partial charge is 0.310 e. The molecule has 0 heterocycles. The van der Waals surface area contributed by atoms with Gasteiger partial charge in [-0.2, -0.15) is 0 Å². The number of nitro groups is 1. The van der Waals surface area contributed by atoms with Crippen LogP contribution in [0, 0.1) is 10.1 Å². The van der Waals surface area contributed by atoms with E-state index in [1.807, 2.05) is 84.9 Å². The van der Waals surface area contributed by atoms with Crippen molar-refractivity contribution < 1.29 is 14.4 Å². The van der Waals surface area contributed by atoms with E-state index in [2.05, 4.69) is 15.9 Å². The van der Waals surface area contributed by atoms with E-state index in [0.29, 0.717) is 23.7 Å². The highest BCUT2D eigenvalue weighted by Gasteiger charge is 2.51. The first-order valence-corrected chi connectivity index (χ1v) is 11.6. The summed E-state index contributed by atoms with van der Waals surface area (Å²) in [5.74, 6) is 0.772. The zero-order valence-electron chi connectivity index (χ0n) is 18.6. The molecular weight excluding hydrogens is 494 g/mol. The Bertz CT molecular complexity index is 1220. The monoisotopic (exact) mass is 517 g/mol. The summed E-state index contributed by atoms with van der Waals surface area (Å²) in [5.41, 5.74) is 3.20. The van der Waals surface area contributed by atoms with Crippen LogP contribution in [0.15, 0.2) is 109 Å². The lowest BCUT2D eigenvalue weighted by Crippen LogP contribution is -2.36. The molecule has 0 aromatic heterocycles. The van der Waals surface area contributed by atoms with Crippen molar-refractivity contribution in [1.82, 2.24) is 0 Å². The van der Waals surface area contributed by atoms with Crippen molar-refractivity contribution in [2.24, 2.45) is 0 Å². The number of hydrogen-bond donors (Lipinski definition) is 0. The summed E-state index contributed by atoms with van der Waals surface area (Å²) < 4.78 is 9.63. The molecule has 0 aliphatic carbocycles. The molecule has 0 amide bonds. The Morgan fingerprint density at radius 1 is 0.794 bits per heavy atom. The van der Waals surface area contributed by atoms with Crippen LogP contribution in [0.2, 0.25) is 0 Å². The van der Waals surface area contributed by atoms with Crippen LogP contribution in [0.25, 0.3) is 0 Å². The topological polar surface area (TPSA) is 61.6 Å². The fourth-order valence-electron chi connectivity index (χ4n) is 3.98. The van der Waals surface area contributed by atoms with Crippen LogP contribution in [0.1, 0.15) is 28.2 Å². The second-order valence-corrected chi connectivity index (χ2v) is 9.05. The minimum absolute atomic E-state index is 0.267. The maximum Gasteiger partial charge on any atom is 0.310 e. The molecule has 4 aromatic rings. The highest BCUT2D eigenvalue weighted by molar-refractivity contribution is 9.09. The molecule has 0 fully saturated rings. The van der Waals surface area contributed by atoms with Crippen molar-refractivity contribution in [3.63, 3.8) is 0 Å². The third-order valence-electron chi connectivity index (χ3n) is 5.74. The maximum atomic E-state index is 12.6. The quantitative estimate of drug-likeness (QED) is 0.104. The SMILES string of the molecule is COc1ccc(C(c2ccc(OCc3ccccc3)cc2)C(Br)(c2ccccc2)[N+](=O)[O-])cc1. The Hall–Kier alpha value is -3.64. The number of methoxy groups -OCH3 is 1. The fourth-order valence-corrected chi connectivity index (χ4v) is 4.77. The van der Waals surface area contributed by atoms with E-state index in [4.69, 9.17) is 9.47 Å². The van der Waals surface area contributed by atoms with Crippen LogP contribution in [-0.2, 0) is 11.1 Å². The van der Waals surface area contributed by atoms with E-state index >= 15 is 0 Å². The number of benzene rings is 4. The van der Waals surface area contributed by atoms with Gasteiger partial charge < -0.3 is 9.47 Å². The molecule has 172 valence electrons. The summed E-state index contributed by atoms with van der Waals surface area (Å²) in [5, 5.41) is 12.6. The number of ether oxygens (including phenoxy) is 2. The van der Waals surface area contributed by atoms with Gasteiger partial charge in [-0.05, 0) is 41.0 Å². The molecule has 6 heteroatoms. The molecule has 2 atom stereocenters. The normalized spacial score (nSPS) is 13.5. The highest BCUT2D eigenvalue weighted by atomic mass is 79.9. The van der Waals surface area contributed by atoms with Crippen LogP contribution in [0.4, 0.5) is 0 Å². The van der Waals surface area contributed by atoms with Crippen LogP contribution in [-0.4, -0.2) is 12.0 Å². The molecule has 4 aromatic carbocycles. The average Bonchev–Trinajstić information content (AvgIpc) is 2.89. The summed E-state index contributed by atoms with van der Waals surface area (Å²) in [6.07, 6.45) is 0. The van der Waals surface area contributed by atoms with Gasteiger partial charge in [0.1, 0.15) is 18.1 Å². The molecule has 0 saturated heterocycles. The Balaban J connectivity index is 1.72. The minimum Gasteiger partial charge on any atom is -0.497 e. The van der Waals surface area contributed by atoms with Gasteiger partial charge in [-0.1, -0.05) is 84.9 Å². The van der Waals surface area contributed by atoms with Crippen molar-refractivity contribution in [3.05, 3.63) is 142 Å². The van der Waals surface area contributed by atoms with Gasteiger partial charge in [0, 0.05) is 26.4 Å². The molecule has 0 N–H and O–H groups in total. The van der Waals surface area contributed by atoms with Crippen molar-refractivity contribution in [2.75, 3.05) is 7.11 Å². The molecule has 4 rings (SSSR count). The molecule has 0 spiro atoms. The summed E-state index contributed by atoms with van der Waals surface area (Å²) in [4.78, 5) is 12.3. The summed E-state index contributed by atoms with van der Waals surface area (Å²) in [6, 6.07) is 33.8. The first kappa shape index (κ1) is 23.5. The van der Waals surface area contributed by atoms with Gasteiger partial charge >= 0.3 is 4.45 Å². The molecule has 0 aliphatic rings. The van der Waals surface area contributed by atoms with E-state index in [1.165, 1.54) is 0 Å². The van der Waals surface area contributed by atoms with E-state index in [-0.39, 0.29) is 4.92 Å². The number of rotatable bonds is 9. The van der Waals surface area contributed by atoms with Crippen LogP contribution in [0.3, 0.4) is 0 Å². The summed E-state index contributed by atoms with van der Waals surface area (Å²) >= 11 is 3.55. The standard InChI is InChI=1S/C28H24BrNO4/c1-33-25-16-12-22(13-17-25)27(28(29,30(31)32)24-10-6-3-7-11-24)23-14-18-26(19-15-23)34-20-21-8-4-2-5-9-21/h2-19,27H,20H2,1H3. The minimum atomic E-state index is -1.57. The second-order valence-electron chi connectivity index (χ2n) is 7.85. The molecule has 0 radical (unpaired) electrons. The first-order chi connectivity index (χ1) is 16.5. The van der Waals surface area contributed by atoms with Crippen LogP contribution in [0.5, 0.6) is 11.5 Å². The molecule has 0 aliphatic heterocycles. The Morgan fingerprint density at radius 2 is 1.29 bits per heavy atom. The number of hydrogen-bond acceptors (Lipinski definition) is 4. The molecule has 0 bridgehead atoms. The number of alkyl halides is 1. The van der Waals surface area contributed by atoms with E-state index < -0.39 is 10.4 Å². The predicted octanol–water partition coefficient (Wildman–Crippen LogP) is 6.93.